The van der Waals surface area contributed by atoms with Gasteiger partial charge in [0.05, 0.1) is 12.8 Å². The number of nitrogens with one attached hydrogen (secondary N) is 1. The summed E-state index contributed by atoms with van der Waals surface area (Å²) in [5.41, 5.74) is 3.74. The number of benzene rings is 1. The second kappa shape index (κ2) is 6.62. The Morgan fingerprint density at radius 2 is 1.96 bits per heavy atom. The van der Waals surface area contributed by atoms with Crippen LogP contribution in [0.15, 0.2) is 36.7 Å². The van der Waals surface area contributed by atoms with Crippen molar-refractivity contribution in [2.75, 3.05) is 7.11 Å². The number of fused-ring (bicyclic) bond motifs is 1. The van der Waals surface area contributed by atoms with Crippen molar-refractivity contribution in [3.05, 3.63) is 48.0 Å². The van der Waals surface area contributed by atoms with Crippen LogP contribution in [0.2, 0.25) is 0 Å². The van der Waals surface area contributed by atoms with E-state index in [-0.39, 0.29) is 5.91 Å². The Morgan fingerprint density at radius 3 is 2.64 bits per heavy atom. The summed E-state index contributed by atoms with van der Waals surface area (Å²) in [5.74, 6) is 1.96. The first-order valence-electron chi connectivity index (χ1n) is 9.94. The molecule has 1 N–H and O–H groups in total. The molecule has 0 atom stereocenters. The zero-order chi connectivity index (χ0) is 19.3. The molecule has 144 valence electrons. The topological polar surface area (TPSA) is 68.5 Å². The van der Waals surface area contributed by atoms with Crippen LogP contribution in [0.4, 0.5) is 0 Å². The van der Waals surface area contributed by atoms with Crippen molar-refractivity contribution in [1.82, 2.24) is 19.7 Å². The van der Waals surface area contributed by atoms with E-state index in [1.54, 1.807) is 13.4 Å². The lowest BCUT2D eigenvalue weighted by Gasteiger charge is -2.16. The van der Waals surface area contributed by atoms with Crippen molar-refractivity contribution < 1.29 is 9.53 Å². The highest BCUT2D eigenvalue weighted by molar-refractivity contribution is 5.98. The van der Waals surface area contributed by atoms with E-state index in [0.29, 0.717) is 29.2 Å². The normalized spacial score (nSPS) is 16.5. The van der Waals surface area contributed by atoms with E-state index in [9.17, 15) is 4.79 Å². The molecule has 3 aromatic rings. The van der Waals surface area contributed by atoms with Crippen LogP contribution in [0.5, 0.6) is 5.75 Å². The molecule has 2 saturated carbocycles. The van der Waals surface area contributed by atoms with Gasteiger partial charge in [0.1, 0.15) is 12.1 Å². The van der Waals surface area contributed by atoms with Crippen molar-refractivity contribution in [3.63, 3.8) is 0 Å². The zero-order valence-electron chi connectivity index (χ0n) is 16.2. The second-order valence-electron chi connectivity index (χ2n) is 7.98. The number of carbonyl (C=O) groups is 1. The molecule has 2 heterocycles. The fourth-order valence-corrected chi connectivity index (χ4v) is 3.96. The van der Waals surface area contributed by atoms with E-state index in [1.165, 1.54) is 25.7 Å². The molecule has 2 fully saturated rings. The molecule has 0 bridgehead atoms. The van der Waals surface area contributed by atoms with Crippen LogP contribution in [0.25, 0.3) is 16.9 Å². The lowest BCUT2D eigenvalue weighted by molar-refractivity contribution is 0.0923. The summed E-state index contributed by atoms with van der Waals surface area (Å²) >= 11 is 0. The van der Waals surface area contributed by atoms with Crippen LogP contribution in [0, 0.1) is 18.8 Å². The average molecular weight is 376 g/mol. The third kappa shape index (κ3) is 3.13. The number of hydrogen-bond acceptors (Lipinski definition) is 4. The van der Waals surface area contributed by atoms with E-state index in [2.05, 4.69) is 10.3 Å². The molecule has 0 spiro atoms. The summed E-state index contributed by atoms with van der Waals surface area (Å²) in [6.07, 6.45) is 6.59. The molecule has 0 radical (unpaired) electrons. The van der Waals surface area contributed by atoms with Gasteiger partial charge in [-0.25, -0.2) is 9.97 Å². The number of carbonyl (C=O) groups excluding carboxylic acids is 1. The van der Waals surface area contributed by atoms with Crippen molar-refractivity contribution in [2.45, 2.75) is 38.6 Å². The largest absolute Gasteiger partial charge is 0.497 e. The standard InChI is InChI=1S/C22H24N4O2/c1-13-10-18(16-4-3-5-17(11-16)28-2)24-21-20(23-12-26(13)21)22(27)25-19(14-6-7-14)15-8-9-15/h3-5,10-12,14-15,19H,6-9H2,1-2H3,(H,25,27). The average Bonchev–Trinajstić information content (AvgIpc) is 3.63. The van der Waals surface area contributed by atoms with E-state index >= 15 is 0 Å². The first-order chi connectivity index (χ1) is 13.6. The van der Waals surface area contributed by atoms with Crippen LogP contribution in [0.3, 0.4) is 0 Å². The quantitative estimate of drug-likeness (QED) is 0.713. The molecule has 0 saturated heterocycles. The van der Waals surface area contributed by atoms with Crippen LogP contribution in [-0.2, 0) is 0 Å². The number of methoxy groups -OCH3 is 1. The summed E-state index contributed by atoms with van der Waals surface area (Å²) in [6.45, 7) is 2.00. The van der Waals surface area contributed by atoms with Crippen molar-refractivity contribution in [1.29, 1.82) is 0 Å². The monoisotopic (exact) mass is 376 g/mol. The number of amides is 1. The number of nitrogens with zero attached hydrogens (tertiary/aromatic N) is 3. The highest BCUT2D eigenvalue weighted by atomic mass is 16.5. The Balaban J connectivity index is 1.51. The van der Waals surface area contributed by atoms with Crippen molar-refractivity contribution in [2.24, 2.45) is 11.8 Å². The van der Waals surface area contributed by atoms with E-state index in [4.69, 9.17) is 9.72 Å². The van der Waals surface area contributed by atoms with Crippen LogP contribution < -0.4 is 10.1 Å². The lowest BCUT2D eigenvalue weighted by atomic mass is 10.1. The second-order valence-corrected chi connectivity index (χ2v) is 7.98. The third-order valence-corrected chi connectivity index (χ3v) is 5.83. The van der Waals surface area contributed by atoms with Gasteiger partial charge in [-0.3, -0.25) is 9.20 Å². The summed E-state index contributed by atoms with van der Waals surface area (Å²) in [7, 11) is 1.65. The minimum Gasteiger partial charge on any atom is -0.497 e. The van der Waals surface area contributed by atoms with Gasteiger partial charge >= 0.3 is 0 Å². The highest BCUT2D eigenvalue weighted by Crippen LogP contribution is 2.44. The number of imidazole rings is 1. The first kappa shape index (κ1) is 17.2. The maximum absolute atomic E-state index is 13.0. The van der Waals surface area contributed by atoms with Crippen LogP contribution in [0.1, 0.15) is 41.9 Å². The highest BCUT2D eigenvalue weighted by Gasteiger charge is 2.42. The number of hydrogen-bond donors (Lipinski definition) is 1. The fourth-order valence-electron chi connectivity index (χ4n) is 3.96. The van der Waals surface area contributed by atoms with Crippen LogP contribution >= 0.6 is 0 Å². The molecular weight excluding hydrogens is 352 g/mol. The summed E-state index contributed by atoms with van der Waals surface area (Å²) in [4.78, 5) is 22.2. The lowest BCUT2D eigenvalue weighted by Crippen LogP contribution is -2.38. The van der Waals surface area contributed by atoms with Gasteiger partial charge in [-0.2, -0.15) is 0 Å². The molecule has 1 amide bonds. The van der Waals surface area contributed by atoms with Gasteiger partial charge in [-0.1, -0.05) is 12.1 Å². The smallest absolute Gasteiger partial charge is 0.274 e. The molecule has 1 aromatic carbocycles. The molecule has 2 aliphatic carbocycles. The Bertz CT molecular complexity index is 1040. The van der Waals surface area contributed by atoms with Gasteiger partial charge < -0.3 is 10.1 Å². The Labute approximate surface area is 164 Å². The molecule has 2 aromatic heterocycles. The summed E-state index contributed by atoms with van der Waals surface area (Å²) in [5, 5.41) is 3.26. The molecule has 5 rings (SSSR count). The molecular formula is C22H24N4O2. The number of rotatable bonds is 6. The Morgan fingerprint density at radius 1 is 1.21 bits per heavy atom. The molecule has 0 unspecified atom stereocenters. The van der Waals surface area contributed by atoms with Crippen molar-refractivity contribution in [3.8, 4) is 17.0 Å². The third-order valence-electron chi connectivity index (χ3n) is 5.83. The molecule has 0 aliphatic heterocycles. The molecule has 28 heavy (non-hydrogen) atoms. The predicted molar refractivity (Wildman–Crippen MR) is 106 cm³/mol. The SMILES string of the molecule is COc1cccc(-c2cc(C)n3cnc(C(=O)NC(C4CC4)C4CC4)c3n2)c1. The zero-order valence-corrected chi connectivity index (χ0v) is 16.2. The summed E-state index contributed by atoms with van der Waals surface area (Å²) < 4.78 is 7.21. The maximum Gasteiger partial charge on any atom is 0.274 e. The van der Waals surface area contributed by atoms with Gasteiger partial charge in [-0.15, -0.1) is 0 Å². The van der Waals surface area contributed by atoms with Gasteiger partial charge in [0.15, 0.2) is 11.3 Å². The van der Waals surface area contributed by atoms with Crippen LogP contribution in [-0.4, -0.2) is 33.4 Å². The summed E-state index contributed by atoms with van der Waals surface area (Å²) in [6, 6.07) is 10.1. The molecule has 2 aliphatic rings. The van der Waals surface area contributed by atoms with Gasteiger partial charge in [0.2, 0.25) is 0 Å². The van der Waals surface area contributed by atoms with E-state index in [1.807, 2.05) is 41.7 Å². The van der Waals surface area contributed by atoms with E-state index < -0.39 is 0 Å². The van der Waals surface area contributed by atoms with Gasteiger partial charge in [0, 0.05) is 17.3 Å². The minimum absolute atomic E-state index is 0.110. The Hall–Kier alpha value is -2.89. The Kier molecular flexibility index (Phi) is 4.07. The van der Waals surface area contributed by atoms with E-state index in [0.717, 1.165) is 22.7 Å². The predicted octanol–water partition coefficient (Wildman–Crippen LogP) is 3.63. The number of aromatic nitrogens is 3. The van der Waals surface area contributed by atoms with Crippen molar-refractivity contribution >= 4 is 11.6 Å². The number of aryl methyl sites for hydroxylation is 1. The molecule has 6 nitrogen and oxygen atoms in total. The minimum atomic E-state index is -0.110. The number of ether oxygens (including phenoxy) is 1. The first-order valence-corrected chi connectivity index (χ1v) is 9.94. The maximum atomic E-state index is 13.0. The fraction of sp³-hybridized carbons (Fsp3) is 0.409. The van der Waals surface area contributed by atoms with Gasteiger partial charge in [0.25, 0.3) is 5.91 Å². The van der Waals surface area contributed by atoms with Gasteiger partial charge in [-0.05, 0) is 62.6 Å². The molecule has 6 heteroatoms.